The van der Waals surface area contributed by atoms with Gasteiger partial charge < -0.3 is 14.5 Å². The lowest BCUT2D eigenvalue weighted by molar-refractivity contribution is -0.141. The molecule has 0 saturated heterocycles. The minimum absolute atomic E-state index is 0.0700. The molecule has 0 spiro atoms. The number of aromatic nitrogens is 3. The number of halogens is 3. The number of nitrogens with one attached hydrogen (secondary N) is 2. The molecule has 1 amide bonds. The van der Waals surface area contributed by atoms with Crippen molar-refractivity contribution in [2.45, 2.75) is 18.0 Å². The second kappa shape index (κ2) is 9.89. The Bertz CT molecular complexity index is 1560. The number of amides is 1. The van der Waals surface area contributed by atoms with Gasteiger partial charge in [0.15, 0.2) is 10.7 Å². The quantitative estimate of drug-likeness (QED) is 0.354. The number of ether oxygens (including phenoxy) is 1. The van der Waals surface area contributed by atoms with Crippen molar-refractivity contribution in [3.05, 3.63) is 78.1 Å². The van der Waals surface area contributed by atoms with Crippen LogP contribution in [0.25, 0.3) is 11.3 Å². The Morgan fingerprint density at radius 1 is 1.05 bits per heavy atom. The summed E-state index contributed by atoms with van der Waals surface area (Å²) in [4.78, 5) is 23.3. The summed E-state index contributed by atoms with van der Waals surface area (Å²) in [6.07, 6.45) is -2.29. The fraction of sp³-hybridized carbons (Fsp3) is 0.130. The van der Waals surface area contributed by atoms with Gasteiger partial charge in [-0.15, -0.1) is 0 Å². The Hall–Kier alpha value is -4.46. The summed E-state index contributed by atoms with van der Waals surface area (Å²) in [5, 5.41) is 2.42. The van der Waals surface area contributed by atoms with Gasteiger partial charge in [-0.2, -0.15) is 13.2 Å². The second-order valence-electron chi connectivity index (χ2n) is 7.55. The minimum Gasteiger partial charge on any atom is -0.480 e. The topological polar surface area (TPSA) is 136 Å². The number of sulfonamides is 1. The second-order valence-corrected chi connectivity index (χ2v) is 9.20. The van der Waals surface area contributed by atoms with E-state index in [9.17, 15) is 26.4 Å². The highest BCUT2D eigenvalue weighted by Gasteiger charge is 2.33. The van der Waals surface area contributed by atoms with Gasteiger partial charge in [0, 0.05) is 5.56 Å². The number of carbonyl (C=O) groups excluding carboxylic acids is 1. The van der Waals surface area contributed by atoms with Crippen molar-refractivity contribution in [1.29, 1.82) is 0 Å². The molecule has 0 aliphatic heterocycles. The van der Waals surface area contributed by atoms with E-state index in [4.69, 9.17) is 9.15 Å². The highest BCUT2D eigenvalue weighted by Crippen LogP contribution is 2.31. The number of hydrogen-bond donors (Lipinski definition) is 2. The molecule has 0 radical (unpaired) electrons. The molecule has 1 aromatic carbocycles. The third-order valence-electron chi connectivity index (χ3n) is 4.94. The van der Waals surface area contributed by atoms with Crippen LogP contribution >= 0.6 is 0 Å². The zero-order valence-corrected chi connectivity index (χ0v) is 20.0. The van der Waals surface area contributed by atoms with Gasteiger partial charge in [0.25, 0.3) is 15.9 Å². The number of aryl methyl sites for hydroxylation is 1. The van der Waals surface area contributed by atoms with Crippen LogP contribution in [-0.4, -0.2) is 36.4 Å². The first-order chi connectivity index (χ1) is 17.5. The smallest absolute Gasteiger partial charge is 0.433 e. The van der Waals surface area contributed by atoms with Crippen LogP contribution in [0.2, 0.25) is 0 Å². The van der Waals surface area contributed by atoms with E-state index in [1.807, 2.05) is 10.8 Å². The van der Waals surface area contributed by atoms with E-state index in [1.165, 1.54) is 13.1 Å². The molecule has 0 atom stereocenters. The van der Waals surface area contributed by atoms with Gasteiger partial charge in [0.1, 0.15) is 11.5 Å². The van der Waals surface area contributed by atoms with Gasteiger partial charge >= 0.3 is 12.1 Å². The Kier molecular flexibility index (Phi) is 6.85. The number of oxazole rings is 1. The number of nitrogens with zero attached hydrogens (tertiary/aromatic N) is 3. The highest BCUT2D eigenvalue weighted by molar-refractivity contribution is 7.92. The van der Waals surface area contributed by atoms with Crippen LogP contribution in [0.3, 0.4) is 0 Å². The first-order valence-electron chi connectivity index (χ1n) is 10.4. The largest absolute Gasteiger partial charge is 0.480 e. The third kappa shape index (κ3) is 5.69. The third-order valence-corrected chi connectivity index (χ3v) is 6.27. The zero-order valence-electron chi connectivity index (χ0n) is 19.2. The summed E-state index contributed by atoms with van der Waals surface area (Å²) in [6.45, 7) is 1.39. The van der Waals surface area contributed by atoms with Crippen molar-refractivity contribution >= 4 is 27.4 Å². The van der Waals surface area contributed by atoms with Gasteiger partial charge in [-0.05, 0) is 24.6 Å². The van der Waals surface area contributed by atoms with Crippen LogP contribution in [0.5, 0.6) is 5.88 Å². The number of methoxy groups -OCH3 is 1. The normalized spacial score (nSPS) is 11.7. The number of anilines is 2. The van der Waals surface area contributed by atoms with E-state index in [-0.39, 0.29) is 23.0 Å². The molecule has 10 nitrogen and oxygen atoms in total. The lowest BCUT2D eigenvalue weighted by Gasteiger charge is -2.14. The molecular weight excluding hydrogens is 515 g/mol. The first-order valence-corrected chi connectivity index (χ1v) is 11.9. The Balaban J connectivity index is 1.60. The number of hydrogen-bond acceptors (Lipinski definition) is 8. The molecule has 192 valence electrons. The summed E-state index contributed by atoms with van der Waals surface area (Å²) in [5.74, 6) is -1.63. The van der Waals surface area contributed by atoms with Crippen LogP contribution in [0.1, 0.15) is 21.9 Å². The summed E-state index contributed by atoms with van der Waals surface area (Å²) < 4.78 is 77.8. The molecule has 4 aromatic rings. The Labute approximate surface area is 208 Å². The van der Waals surface area contributed by atoms with Crippen molar-refractivity contribution in [2.24, 2.45) is 0 Å². The SMILES string of the molecule is COc1ncc(NC(=O)c2ncc(-c3ccccc3)o2)cc1S(=O)(=O)Nc1nc(C(F)(F)F)ccc1C. The predicted molar refractivity (Wildman–Crippen MR) is 125 cm³/mol. The fourth-order valence-corrected chi connectivity index (χ4v) is 4.34. The fourth-order valence-electron chi connectivity index (χ4n) is 3.12. The molecule has 3 heterocycles. The summed E-state index contributed by atoms with van der Waals surface area (Å²) >= 11 is 0. The van der Waals surface area contributed by atoms with Gasteiger partial charge in [-0.1, -0.05) is 36.4 Å². The molecule has 3 aromatic heterocycles. The van der Waals surface area contributed by atoms with Gasteiger partial charge in [0.2, 0.25) is 5.88 Å². The molecule has 0 aliphatic rings. The number of rotatable bonds is 7. The Morgan fingerprint density at radius 2 is 1.78 bits per heavy atom. The number of alkyl halides is 3. The molecule has 4 rings (SSSR count). The maximum atomic E-state index is 13.1. The minimum atomic E-state index is -4.78. The van der Waals surface area contributed by atoms with Gasteiger partial charge in [-0.25, -0.2) is 23.4 Å². The van der Waals surface area contributed by atoms with E-state index < -0.39 is 38.5 Å². The summed E-state index contributed by atoms with van der Waals surface area (Å²) in [7, 11) is -3.40. The van der Waals surface area contributed by atoms with Crippen molar-refractivity contribution in [3.8, 4) is 17.2 Å². The number of carbonyl (C=O) groups is 1. The molecule has 2 N–H and O–H groups in total. The van der Waals surface area contributed by atoms with Crippen LogP contribution in [0.4, 0.5) is 24.7 Å². The van der Waals surface area contributed by atoms with E-state index in [0.717, 1.165) is 31.5 Å². The van der Waals surface area contributed by atoms with Crippen LogP contribution in [-0.2, 0) is 16.2 Å². The molecule has 0 aliphatic carbocycles. The van der Waals surface area contributed by atoms with Crippen LogP contribution < -0.4 is 14.8 Å². The molecule has 14 heteroatoms. The number of benzene rings is 1. The predicted octanol–water partition coefficient (Wildman–Crippen LogP) is 4.52. The van der Waals surface area contributed by atoms with Crippen molar-refractivity contribution in [3.63, 3.8) is 0 Å². The van der Waals surface area contributed by atoms with E-state index in [0.29, 0.717) is 11.3 Å². The average Bonchev–Trinajstić information content (AvgIpc) is 3.36. The highest BCUT2D eigenvalue weighted by atomic mass is 32.2. The maximum Gasteiger partial charge on any atom is 0.433 e. The molecule has 0 fully saturated rings. The average molecular weight is 533 g/mol. The van der Waals surface area contributed by atoms with Gasteiger partial charge in [-0.3, -0.25) is 9.52 Å². The van der Waals surface area contributed by atoms with E-state index >= 15 is 0 Å². The summed E-state index contributed by atoms with van der Waals surface area (Å²) in [6, 6.07) is 11.8. The van der Waals surface area contributed by atoms with Crippen molar-refractivity contribution < 1.29 is 35.5 Å². The summed E-state index contributed by atoms with van der Waals surface area (Å²) in [5.41, 5.74) is -0.508. The molecule has 0 unspecified atom stereocenters. The standard InChI is InChI=1S/C23H18F3N5O5S/c1-13-8-9-18(23(24,25)26)30-19(13)31-37(33,34)17-10-15(11-27-21(17)35-2)29-20(32)22-28-12-16(36-22)14-6-4-3-5-7-14/h3-12H,1-2H3,(H,29,32)(H,30,31). The van der Waals surface area contributed by atoms with Crippen molar-refractivity contribution in [1.82, 2.24) is 15.0 Å². The van der Waals surface area contributed by atoms with Crippen LogP contribution in [0.15, 0.2) is 70.2 Å². The zero-order chi connectivity index (χ0) is 26.8. The van der Waals surface area contributed by atoms with E-state index in [1.54, 1.807) is 24.3 Å². The monoisotopic (exact) mass is 533 g/mol. The maximum absolute atomic E-state index is 13.1. The first kappa shape index (κ1) is 25.6. The molecule has 0 bridgehead atoms. The molecular formula is C23H18F3N5O5S. The Morgan fingerprint density at radius 3 is 2.46 bits per heavy atom. The van der Waals surface area contributed by atoms with Crippen molar-refractivity contribution in [2.75, 3.05) is 17.1 Å². The lowest BCUT2D eigenvalue weighted by atomic mass is 10.2. The van der Waals surface area contributed by atoms with Gasteiger partial charge in [0.05, 0.1) is 25.2 Å². The lowest BCUT2D eigenvalue weighted by Crippen LogP contribution is -2.19. The molecule has 37 heavy (non-hydrogen) atoms. The molecule has 0 saturated carbocycles. The van der Waals surface area contributed by atoms with E-state index in [2.05, 4.69) is 20.3 Å². The number of pyridine rings is 2. The van der Waals surface area contributed by atoms with Crippen LogP contribution in [0, 0.1) is 6.92 Å².